The topological polar surface area (TPSA) is 143 Å². The largest absolute Gasteiger partial charge is 0.493 e. The van der Waals surface area contributed by atoms with Crippen molar-refractivity contribution < 1.29 is 78.0 Å². The number of ketones is 3. The van der Waals surface area contributed by atoms with Crippen LogP contribution in [0, 0.1) is 27.7 Å². The van der Waals surface area contributed by atoms with Crippen LogP contribution in [0.15, 0.2) is 135 Å². The zero-order valence-electron chi connectivity index (χ0n) is 35.0. The minimum atomic E-state index is -0.0649. The third-order valence-corrected chi connectivity index (χ3v) is 7.11. The Morgan fingerprint density at radius 1 is 0.448 bits per heavy atom. The van der Waals surface area contributed by atoms with E-state index in [1.807, 2.05) is 69.3 Å². The molecule has 313 valence electrons. The number of aryl methyl sites for hydroxylation is 7. The summed E-state index contributed by atoms with van der Waals surface area (Å²) in [4.78, 5) is 31.5. The van der Waals surface area contributed by atoms with E-state index < -0.39 is 0 Å². The number of Topliss-reactive ketones (excluding diaryl/α,β-unsaturated/α-hetero) is 3. The molecule has 0 saturated carbocycles. The van der Waals surface area contributed by atoms with Gasteiger partial charge in [0.15, 0.2) is 28.9 Å². The summed E-state index contributed by atoms with van der Waals surface area (Å²) in [6.07, 6.45) is 8.84. The van der Waals surface area contributed by atoms with Crippen LogP contribution < -0.4 is 0 Å². The molecule has 58 heavy (non-hydrogen) atoms. The molecule has 0 spiro atoms. The summed E-state index contributed by atoms with van der Waals surface area (Å²) in [6, 6.07) is 25.8. The zero-order valence-corrected chi connectivity index (χ0v) is 37.8. The summed E-state index contributed by atoms with van der Waals surface area (Å²) in [5.41, 5.74) is 0. The van der Waals surface area contributed by atoms with E-state index in [4.69, 9.17) is 30.9 Å². The molecule has 11 heteroatoms. The quantitative estimate of drug-likeness (QED) is 0.112. The summed E-state index contributed by atoms with van der Waals surface area (Å²) in [5.74, 6) is 8.68. The van der Waals surface area contributed by atoms with Gasteiger partial charge in [-0.2, -0.15) is 6.07 Å². The van der Waals surface area contributed by atoms with Crippen LogP contribution in [0.25, 0.3) is 0 Å². The Hall–Kier alpha value is -5.06. The van der Waals surface area contributed by atoms with Crippen LogP contribution in [0.3, 0.4) is 0 Å². The molecule has 0 bridgehead atoms. The van der Waals surface area contributed by atoms with E-state index in [9.17, 15) is 14.4 Å². The summed E-state index contributed by atoms with van der Waals surface area (Å²) in [6.45, 7) is 21.9. The van der Waals surface area contributed by atoms with Crippen molar-refractivity contribution in [1.82, 2.24) is 0 Å². The minimum Gasteiger partial charge on any atom is -0.493 e. The van der Waals surface area contributed by atoms with Crippen LogP contribution in [0.2, 0.25) is 0 Å². The molecule has 0 aromatic carbocycles. The average Bonchev–Trinajstić information content (AvgIpc) is 4.03. The molecule has 0 amide bonds. The van der Waals surface area contributed by atoms with E-state index in [1.165, 1.54) is 27.0 Å². The molecule has 0 unspecified atom stereocenters. The molecule has 7 rings (SSSR count). The fourth-order valence-electron chi connectivity index (χ4n) is 4.05. The fourth-order valence-corrected chi connectivity index (χ4v) is 4.05. The Labute approximate surface area is 369 Å². The van der Waals surface area contributed by atoms with Crippen LogP contribution in [0.5, 0.6) is 0 Å². The maximum absolute atomic E-state index is 10.6. The van der Waals surface area contributed by atoms with Crippen molar-refractivity contribution in [1.29, 1.82) is 0 Å². The molecule has 7 heterocycles. The van der Waals surface area contributed by atoms with Crippen LogP contribution >= 0.6 is 0 Å². The molecule has 0 aliphatic carbocycles. The number of hydrogen-bond acceptors (Lipinski definition) is 10. The summed E-state index contributed by atoms with van der Waals surface area (Å²) >= 11 is 0. The molecule has 0 saturated heterocycles. The number of furan rings is 7. The average molecular weight is 875 g/mol. The predicted molar refractivity (Wildman–Crippen MR) is 224 cm³/mol. The Morgan fingerprint density at radius 2 is 0.810 bits per heavy atom. The van der Waals surface area contributed by atoms with Crippen molar-refractivity contribution in [3.8, 4) is 0 Å². The van der Waals surface area contributed by atoms with Crippen molar-refractivity contribution in [2.45, 2.75) is 102 Å². The first-order valence-electron chi connectivity index (χ1n) is 18.4. The second kappa shape index (κ2) is 32.0. The first-order valence-corrected chi connectivity index (χ1v) is 18.4. The smallest absolute Gasteiger partial charge is 0.194 e. The standard InChI is InChI=1S/C7H8O2.C7H7O2.2C7H10O.C6H6O2.2C6H8O.CH4.Y/c2*1-5-3-4-7(9-5)6(2)8;2*1-3-7-5-4-6(2)8-7;1-5(7)6-3-2-4-8-6;2*1-2-6-4-3-5-7-6;;/h3-4H,1-2H3;3-4H,1H2,2H3;2*4-5H,3H2,1-2H3;2-4H,1H3;2*3-5H,2H2,1H3;1H4;/q;-1;;;;;;;. The summed E-state index contributed by atoms with van der Waals surface area (Å²) in [5, 5.41) is 0. The third kappa shape index (κ3) is 24.6. The third-order valence-electron chi connectivity index (χ3n) is 7.11. The Bertz CT molecular complexity index is 1890. The number of carbonyl (C=O) groups excluding carboxylic acids is 3. The summed E-state index contributed by atoms with van der Waals surface area (Å²) in [7, 11) is 0. The second-order valence-electron chi connectivity index (χ2n) is 11.9. The van der Waals surface area contributed by atoms with Crippen LogP contribution in [-0.2, 0) is 58.4 Å². The second-order valence-corrected chi connectivity index (χ2v) is 11.9. The molecule has 0 fully saturated rings. The normalized spacial score (nSPS) is 9.14. The zero-order chi connectivity index (χ0) is 41.9. The van der Waals surface area contributed by atoms with Gasteiger partial charge >= 0.3 is 0 Å². The first kappa shape index (κ1) is 55.0. The van der Waals surface area contributed by atoms with Gasteiger partial charge in [-0.25, -0.2) is 6.92 Å². The van der Waals surface area contributed by atoms with Gasteiger partial charge in [0.25, 0.3) is 0 Å². The van der Waals surface area contributed by atoms with E-state index in [2.05, 4.69) is 34.6 Å². The first-order chi connectivity index (χ1) is 26.7. The van der Waals surface area contributed by atoms with Gasteiger partial charge in [-0.15, -0.1) is 0 Å². The number of rotatable bonds is 7. The van der Waals surface area contributed by atoms with Crippen molar-refractivity contribution in [3.05, 3.63) is 174 Å². The Kier molecular flexibility index (Phi) is 30.3. The van der Waals surface area contributed by atoms with Gasteiger partial charge in [-0.05, 0) is 99.3 Å². The minimum absolute atomic E-state index is 0. The van der Waals surface area contributed by atoms with E-state index in [1.54, 1.807) is 48.9 Å². The van der Waals surface area contributed by atoms with Crippen molar-refractivity contribution in [2.75, 3.05) is 0 Å². The number of carbonyl (C=O) groups is 3. The molecule has 0 aliphatic rings. The van der Waals surface area contributed by atoms with Gasteiger partial charge < -0.3 is 30.9 Å². The van der Waals surface area contributed by atoms with Gasteiger partial charge in [0, 0.05) is 79.2 Å². The fraction of sp³-hybridized carbons (Fsp3) is 0.319. The van der Waals surface area contributed by atoms with E-state index in [0.717, 1.165) is 66.0 Å². The molecule has 10 nitrogen and oxygen atoms in total. The molecule has 0 aliphatic heterocycles. The number of hydrogen-bond donors (Lipinski definition) is 0. The van der Waals surface area contributed by atoms with Crippen LogP contribution in [-0.4, -0.2) is 17.3 Å². The summed E-state index contributed by atoms with van der Waals surface area (Å²) < 4.78 is 35.1. The molecular formula is C47H61O10Y-. The monoisotopic (exact) mass is 874 g/mol. The maximum atomic E-state index is 10.6. The molecule has 7 aromatic rings. The van der Waals surface area contributed by atoms with Crippen LogP contribution in [0.1, 0.15) is 134 Å². The molecule has 7 aromatic heterocycles. The van der Waals surface area contributed by atoms with Crippen molar-refractivity contribution in [2.24, 2.45) is 0 Å². The van der Waals surface area contributed by atoms with Gasteiger partial charge in [0.1, 0.15) is 46.1 Å². The van der Waals surface area contributed by atoms with Gasteiger partial charge in [0.2, 0.25) is 0 Å². The molecule has 1 radical (unpaired) electrons. The SMILES string of the molecule is C.CC(=O)c1ccc(C)o1.CC(=O)c1ccco1.CCc1ccc(C)o1.CCc1ccc(C)o1.CCc1ccco1.CCc1ccco1.[CH2-]c1ccc(C(C)=O)o1.[Y]. The molecule has 0 atom stereocenters. The van der Waals surface area contributed by atoms with E-state index >= 15 is 0 Å². The van der Waals surface area contributed by atoms with E-state index in [-0.39, 0.29) is 57.5 Å². The predicted octanol–water partition coefficient (Wildman–Crippen LogP) is 13.6. The van der Waals surface area contributed by atoms with Crippen molar-refractivity contribution >= 4 is 17.3 Å². The Balaban J connectivity index is 0. The maximum Gasteiger partial charge on any atom is 0.194 e. The van der Waals surface area contributed by atoms with Crippen LogP contribution in [0.4, 0.5) is 0 Å². The van der Waals surface area contributed by atoms with Crippen molar-refractivity contribution in [3.63, 3.8) is 0 Å². The van der Waals surface area contributed by atoms with Gasteiger partial charge in [-0.1, -0.05) is 41.2 Å². The Morgan fingerprint density at radius 3 is 0.983 bits per heavy atom. The van der Waals surface area contributed by atoms with E-state index in [0.29, 0.717) is 23.0 Å². The van der Waals surface area contributed by atoms with Gasteiger partial charge in [0.05, 0.1) is 18.8 Å². The van der Waals surface area contributed by atoms with Gasteiger partial charge in [-0.3, -0.25) is 14.4 Å². The molecule has 0 N–H and O–H groups in total. The molecular weight excluding hydrogens is 813 g/mol.